The second-order valence-electron chi connectivity index (χ2n) is 4.08. The summed E-state index contributed by atoms with van der Waals surface area (Å²) in [7, 11) is 1.59. The third-order valence-electron chi connectivity index (χ3n) is 2.93. The predicted octanol–water partition coefficient (Wildman–Crippen LogP) is 1.78. The van der Waals surface area contributed by atoms with Crippen LogP contribution < -0.4 is 5.32 Å². The number of pyridine rings is 1. The molecule has 0 radical (unpaired) electrons. The molecule has 0 aliphatic rings. The van der Waals surface area contributed by atoms with Crippen molar-refractivity contribution < 1.29 is 4.79 Å². The number of carbonyl (C=O) groups is 1. The summed E-state index contributed by atoms with van der Waals surface area (Å²) in [6.45, 7) is 0. The number of nitrogens with one attached hydrogen (secondary N) is 1. The van der Waals surface area contributed by atoms with Gasteiger partial charge in [0.15, 0.2) is 0 Å². The van der Waals surface area contributed by atoms with Crippen LogP contribution in [0, 0.1) is 0 Å². The second-order valence-corrected chi connectivity index (χ2v) is 4.08. The average Bonchev–Trinajstić information content (AvgIpc) is 2.90. The Kier molecular flexibility index (Phi) is 2.72. The number of amides is 1. The maximum absolute atomic E-state index is 11.6. The van der Waals surface area contributed by atoms with Crippen molar-refractivity contribution >= 4 is 16.9 Å². The predicted molar refractivity (Wildman–Crippen MR) is 72.3 cm³/mol. The Bertz CT molecular complexity index is 748. The number of nitrogens with zero attached hydrogens (tertiary/aromatic N) is 3. The Morgan fingerprint density at radius 1 is 1.21 bits per heavy atom. The highest BCUT2D eigenvalue weighted by atomic mass is 16.1. The fraction of sp³-hybridized carbons (Fsp3) is 0.0714. The van der Waals surface area contributed by atoms with E-state index in [1.807, 2.05) is 34.9 Å². The van der Waals surface area contributed by atoms with Crippen molar-refractivity contribution in [3.05, 3.63) is 54.6 Å². The van der Waals surface area contributed by atoms with E-state index in [0.29, 0.717) is 5.69 Å². The van der Waals surface area contributed by atoms with E-state index < -0.39 is 0 Å². The van der Waals surface area contributed by atoms with Crippen molar-refractivity contribution in [1.29, 1.82) is 0 Å². The normalized spacial score (nSPS) is 10.6. The molecule has 0 saturated carbocycles. The number of fused-ring (bicyclic) bond motifs is 1. The van der Waals surface area contributed by atoms with Gasteiger partial charge in [-0.2, -0.15) is 0 Å². The highest BCUT2D eigenvalue weighted by molar-refractivity contribution is 5.92. The van der Waals surface area contributed by atoms with Crippen LogP contribution in [0.4, 0.5) is 0 Å². The van der Waals surface area contributed by atoms with Gasteiger partial charge in [0, 0.05) is 13.2 Å². The van der Waals surface area contributed by atoms with E-state index in [2.05, 4.69) is 15.3 Å². The zero-order valence-electron chi connectivity index (χ0n) is 10.4. The molecule has 1 aromatic carbocycles. The Labute approximate surface area is 109 Å². The zero-order valence-corrected chi connectivity index (χ0v) is 10.4. The molecule has 3 rings (SSSR count). The van der Waals surface area contributed by atoms with E-state index in [1.54, 1.807) is 25.6 Å². The molecule has 3 aromatic rings. The van der Waals surface area contributed by atoms with Crippen molar-refractivity contribution in [3.8, 4) is 5.69 Å². The molecule has 2 aromatic heterocycles. The van der Waals surface area contributed by atoms with Gasteiger partial charge in [0.05, 0.1) is 16.7 Å². The fourth-order valence-electron chi connectivity index (χ4n) is 1.99. The van der Waals surface area contributed by atoms with Crippen LogP contribution in [0.5, 0.6) is 0 Å². The molecule has 0 saturated heterocycles. The van der Waals surface area contributed by atoms with E-state index in [1.165, 1.54) is 0 Å². The minimum atomic E-state index is -0.203. The summed E-state index contributed by atoms with van der Waals surface area (Å²) in [5.74, 6) is -0.203. The Balaban J connectivity index is 2.14. The molecule has 0 aliphatic carbocycles. The molecule has 19 heavy (non-hydrogen) atoms. The number of hydrogen-bond donors (Lipinski definition) is 1. The van der Waals surface area contributed by atoms with Gasteiger partial charge < -0.3 is 5.32 Å². The van der Waals surface area contributed by atoms with E-state index >= 15 is 0 Å². The summed E-state index contributed by atoms with van der Waals surface area (Å²) in [5, 5.41) is 2.56. The first kappa shape index (κ1) is 11.4. The Morgan fingerprint density at radius 2 is 2.05 bits per heavy atom. The maximum atomic E-state index is 11.6. The number of carbonyl (C=O) groups excluding carboxylic acids is 1. The zero-order chi connectivity index (χ0) is 13.2. The largest absolute Gasteiger partial charge is 0.354 e. The van der Waals surface area contributed by atoms with Crippen LogP contribution in [0.25, 0.3) is 16.7 Å². The molecular weight excluding hydrogens is 240 g/mol. The van der Waals surface area contributed by atoms with Crippen molar-refractivity contribution in [2.45, 2.75) is 0 Å². The third kappa shape index (κ3) is 1.95. The van der Waals surface area contributed by atoms with Crippen molar-refractivity contribution in [3.63, 3.8) is 0 Å². The summed E-state index contributed by atoms with van der Waals surface area (Å²) in [6, 6.07) is 11.4. The third-order valence-corrected chi connectivity index (χ3v) is 2.93. The molecule has 0 bridgehead atoms. The number of imidazole rings is 1. The first-order valence-corrected chi connectivity index (χ1v) is 5.90. The minimum absolute atomic E-state index is 0.203. The Hall–Kier alpha value is -2.69. The van der Waals surface area contributed by atoms with Crippen molar-refractivity contribution in [2.75, 3.05) is 7.05 Å². The van der Waals surface area contributed by atoms with Gasteiger partial charge in [0.1, 0.15) is 12.0 Å². The SMILES string of the molecule is CNC(=O)c1cc(-n2cnc3ccccc32)ccn1. The summed E-state index contributed by atoms with van der Waals surface area (Å²) in [5.41, 5.74) is 3.16. The smallest absolute Gasteiger partial charge is 0.269 e. The molecular formula is C14H12N4O. The summed E-state index contributed by atoms with van der Waals surface area (Å²) < 4.78 is 1.93. The van der Waals surface area contributed by atoms with Crippen LogP contribution in [0.2, 0.25) is 0 Å². The van der Waals surface area contributed by atoms with Gasteiger partial charge in [-0.15, -0.1) is 0 Å². The second kappa shape index (κ2) is 4.53. The standard InChI is InChI=1S/C14H12N4O/c1-15-14(19)12-8-10(6-7-16-12)18-9-17-11-4-2-3-5-13(11)18/h2-9H,1H3,(H,15,19). The maximum Gasteiger partial charge on any atom is 0.269 e. The molecule has 94 valence electrons. The van der Waals surface area contributed by atoms with E-state index in [0.717, 1.165) is 16.7 Å². The lowest BCUT2D eigenvalue weighted by Crippen LogP contribution is -2.19. The number of para-hydroxylation sites is 2. The van der Waals surface area contributed by atoms with Crippen LogP contribution in [-0.2, 0) is 0 Å². The van der Waals surface area contributed by atoms with Gasteiger partial charge in [-0.1, -0.05) is 12.1 Å². The topological polar surface area (TPSA) is 59.8 Å². The number of hydrogen-bond acceptors (Lipinski definition) is 3. The van der Waals surface area contributed by atoms with Crippen LogP contribution in [0.15, 0.2) is 48.9 Å². The monoisotopic (exact) mass is 252 g/mol. The van der Waals surface area contributed by atoms with Crippen LogP contribution in [0.1, 0.15) is 10.5 Å². The highest BCUT2D eigenvalue weighted by Crippen LogP contribution is 2.17. The molecule has 1 N–H and O–H groups in total. The van der Waals surface area contributed by atoms with E-state index in [4.69, 9.17) is 0 Å². The van der Waals surface area contributed by atoms with Gasteiger partial charge in [-0.05, 0) is 24.3 Å². The lowest BCUT2D eigenvalue weighted by Gasteiger charge is -2.05. The average molecular weight is 252 g/mol. The number of aromatic nitrogens is 3. The number of rotatable bonds is 2. The van der Waals surface area contributed by atoms with Crippen LogP contribution >= 0.6 is 0 Å². The van der Waals surface area contributed by atoms with Gasteiger partial charge in [0.2, 0.25) is 0 Å². The highest BCUT2D eigenvalue weighted by Gasteiger charge is 2.08. The molecule has 0 unspecified atom stereocenters. The first-order valence-electron chi connectivity index (χ1n) is 5.90. The summed E-state index contributed by atoms with van der Waals surface area (Å²) >= 11 is 0. The lowest BCUT2D eigenvalue weighted by atomic mass is 10.2. The quantitative estimate of drug-likeness (QED) is 0.756. The molecule has 0 spiro atoms. The van der Waals surface area contributed by atoms with E-state index in [9.17, 15) is 4.79 Å². The summed E-state index contributed by atoms with van der Waals surface area (Å²) in [6.07, 6.45) is 3.36. The summed E-state index contributed by atoms with van der Waals surface area (Å²) in [4.78, 5) is 20.0. The van der Waals surface area contributed by atoms with E-state index in [-0.39, 0.29) is 5.91 Å². The minimum Gasteiger partial charge on any atom is -0.354 e. The molecule has 0 atom stereocenters. The van der Waals surface area contributed by atoms with Gasteiger partial charge >= 0.3 is 0 Å². The van der Waals surface area contributed by atoms with Crippen LogP contribution in [-0.4, -0.2) is 27.5 Å². The lowest BCUT2D eigenvalue weighted by molar-refractivity contribution is 0.0958. The molecule has 5 nitrogen and oxygen atoms in total. The fourth-order valence-corrected chi connectivity index (χ4v) is 1.99. The first-order chi connectivity index (χ1) is 9.29. The molecule has 2 heterocycles. The number of benzene rings is 1. The molecule has 0 fully saturated rings. The van der Waals surface area contributed by atoms with Crippen molar-refractivity contribution in [1.82, 2.24) is 19.9 Å². The Morgan fingerprint density at radius 3 is 2.89 bits per heavy atom. The van der Waals surface area contributed by atoms with Gasteiger partial charge in [-0.3, -0.25) is 14.3 Å². The van der Waals surface area contributed by atoms with Crippen molar-refractivity contribution in [2.24, 2.45) is 0 Å². The molecule has 1 amide bonds. The van der Waals surface area contributed by atoms with Crippen LogP contribution in [0.3, 0.4) is 0 Å². The molecule has 5 heteroatoms. The molecule has 0 aliphatic heterocycles. The van der Waals surface area contributed by atoms with Gasteiger partial charge in [0.25, 0.3) is 5.91 Å². The van der Waals surface area contributed by atoms with Gasteiger partial charge in [-0.25, -0.2) is 4.98 Å².